The normalized spacial score (nSPS) is 14.5. The van der Waals surface area contributed by atoms with Crippen molar-refractivity contribution < 1.29 is 13.9 Å². The molecule has 1 aliphatic rings. The summed E-state index contributed by atoms with van der Waals surface area (Å²) in [5, 5.41) is 4.89. The number of rotatable bonds is 9. The van der Waals surface area contributed by atoms with E-state index < -0.39 is 11.5 Å². The van der Waals surface area contributed by atoms with Crippen LogP contribution in [0.15, 0.2) is 47.3 Å². The zero-order valence-corrected chi connectivity index (χ0v) is 20.8. The zero-order chi connectivity index (χ0) is 24.9. The molecular weight excluding hydrogens is 471 g/mol. The van der Waals surface area contributed by atoms with Gasteiger partial charge in [-0.05, 0) is 42.2 Å². The SMILES string of the molecule is CC(C)CC(=O)Cc1nn(-c2ccc(CCN3CCOCC3)c(F)c2)c(=O)n1-c1cccc(Cl)c1. The molecule has 9 heteroatoms. The molecule has 35 heavy (non-hydrogen) atoms. The molecule has 3 aromatic rings. The van der Waals surface area contributed by atoms with Crippen molar-refractivity contribution in [3.8, 4) is 11.4 Å². The second-order valence-corrected chi connectivity index (χ2v) is 9.66. The topological polar surface area (TPSA) is 69.4 Å². The lowest BCUT2D eigenvalue weighted by Gasteiger charge is -2.26. The predicted octanol–water partition coefficient (Wildman–Crippen LogP) is 3.85. The van der Waals surface area contributed by atoms with Crippen molar-refractivity contribution in [1.82, 2.24) is 19.2 Å². The van der Waals surface area contributed by atoms with Crippen LogP contribution >= 0.6 is 11.6 Å². The third kappa shape index (κ3) is 6.25. The minimum Gasteiger partial charge on any atom is -0.379 e. The summed E-state index contributed by atoms with van der Waals surface area (Å²) in [6.45, 7) is 7.74. The van der Waals surface area contributed by atoms with E-state index in [4.69, 9.17) is 16.3 Å². The van der Waals surface area contributed by atoms with Gasteiger partial charge in [-0.15, -0.1) is 5.10 Å². The second-order valence-electron chi connectivity index (χ2n) is 9.22. The van der Waals surface area contributed by atoms with Gasteiger partial charge in [0.2, 0.25) is 0 Å². The minimum atomic E-state index is -0.486. The lowest BCUT2D eigenvalue weighted by atomic mass is 10.1. The van der Waals surface area contributed by atoms with Crippen molar-refractivity contribution in [2.24, 2.45) is 5.92 Å². The maximum Gasteiger partial charge on any atom is 0.355 e. The standard InChI is InChI=1S/C26H30ClFN4O3/c1-18(2)14-23(33)17-25-29-32(26(34)31(25)21-5-3-4-20(27)15-21)22-7-6-19(24(28)16-22)8-9-30-10-12-35-13-11-30/h3-7,15-16,18H,8-14,17H2,1-2H3. The monoisotopic (exact) mass is 500 g/mol. The molecule has 0 saturated carbocycles. The summed E-state index contributed by atoms with van der Waals surface area (Å²) in [6, 6.07) is 11.5. The van der Waals surface area contributed by atoms with Crippen LogP contribution in [0.1, 0.15) is 31.7 Å². The maximum atomic E-state index is 15.0. The molecule has 0 unspecified atom stereocenters. The first-order valence-corrected chi connectivity index (χ1v) is 12.3. The number of Topliss-reactive ketones (excluding diaryl/α,β-unsaturated/α-hetero) is 1. The van der Waals surface area contributed by atoms with E-state index in [0.717, 1.165) is 24.3 Å². The van der Waals surface area contributed by atoms with Crippen LogP contribution in [-0.2, 0) is 22.4 Å². The van der Waals surface area contributed by atoms with Gasteiger partial charge in [0, 0.05) is 37.1 Å². The van der Waals surface area contributed by atoms with Crippen LogP contribution in [0.25, 0.3) is 11.4 Å². The number of morpholine rings is 1. The van der Waals surface area contributed by atoms with Crippen molar-refractivity contribution in [3.05, 3.63) is 75.2 Å². The number of carbonyl (C=O) groups is 1. The van der Waals surface area contributed by atoms with Crippen LogP contribution < -0.4 is 5.69 Å². The van der Waals surface area contributed by atoms with Gasteiger partial charge in [0.05, 0.1) is 31.0 Å². The molecule has 0 amide bonds. The Bertz CT molecular complexity index is 1250. The van der Waals surface area contributed by atoms with Gasteiger partial charge in [0.1, 0.15) is 17.4 Å². The van der Waals surface area contributed by atoms with Gasteiger partial charge in [-0.3, -0.25) is 9.69 Å². The quantitative estimate of drug-likeness (QED) is 0.446. The van der Waals surface area contributed by atoms with Gasteiger partial charge in [-0.25, -0.2) is 13.8 Å². The van der Waals surface area contributed by atoms with Gasteiger partial charge >= 0.3 is 5.69 Å². The van der Waals surface area contributed by atoms with Crippen molar-refractivity contribution in [2.45, 2.75) is 33.1 Å². The van der Waals surface area contributed by atoms with E-state index in [0.29, 0.717) is 53.8 Å². The highest BCUT2D eigenvalue weighted by molar-refractivity contribution is 6.30. The highest BCUT2D eigenvalue weighted by Crippen LogP contribution is 2.18. The Morgan fingerprint density at radius 2 is 1.91 bits per heavy atom. The van der Waals surface area contributed by atoms with Crippen molar-refractivity contribution in [2.75, 3.05) is 32.8 Å². The number of aromatic nitrogens is 3. The average Bonchev–Trinajstić information content (AvgIpc) is 3.13. The lowest BCUT2D eigenvalue weighted by Crippen LogP contribution is -2.37. The lowest BCUT2D eigenvalue weighted by molar-refractivity contribution is -0.119. The Morgan fingerprint density at radius 3 is 2.60 bits per heavy atom. The molecule has 0 spiro atoms. The molecule has 0 N–H and O–H groups in total. The molecule has 1 saturated heterocycles. The summed E-state index contributed by atoms with van der Waals surface area (Å²) in [7, 11) is 0. The fraction of sp³-hybridized carbons (Fsp3) is 0.423. The summed E-state index contributed by atoms with van der Waals surface area (Å²) < 4.78 is 22.9. The molecule has 0 radical (unpaired) electrons. The van der Waals surface area contributed by atoms with Gasteiger partial charge in [-0.1, -0.05) is 37.6 Å². The third-order valence-corrected chi connectivity index (χ3v) is 6.22. The van der Waals surface area contributed by atoms with E-state index >= 15 is 0 Å². The molecule has 0 aliphatic carbocycles. The molecule has 186 valence electrons. The summed E-state index contributed by atoms with van der Waals surface area (Å²) in [6.07, 6.45) is 0.934. The molecule has 4 rings (SSSR count). The summed E-state index contributed by atoms with van der Waals surface area (Å²) >= 11 is 6.15. The van der Waals surface area contributed by atoms with E-state index in [9.17, 15) is 14.0 Å². The van der Waals surface area contributed by atoms with Crippen LogP contribution in [-0.4, -0.2) is 57.9 Å². The summed E-state index contributed by atoms with van der Waals surface area (Å²) in [5.41, 5.74) is 0.902. The molecule has 0 bridgehead atoms. The van der Waals surface area contributed by atoms with Gasteiger partial charge in [-0.2, -0.15) is 4.68 Å². The Balaban J connectivity index is 1.64. The van der Waals surface area contributed by atoms with Crippen molar-refractivity contribution in [3.63, 3.8) is 0 Å². The Morgan fingerprint density at radius 1 is 1.14 bits per heavy atom. The van der Waals surface area contributed by atoms with Crippen molar-refractivity contribution >= 4 is 17.4 Å². The average molecular weight is 501 g/mol. The van der Waals surface area contributed by atoms with Crippen LogP contribution in [0.4, 0.5) is 4.39 Å². The van der Waals surface area contributed by atoms with Gasteiger partial charge < -0.3 is 4.74 Å². The molecule has 2 heterocycles. The molecule has 1 aliphatic heterocycles. The fourth-order valence-electron chi connectivity index (χ4n) is 4.24. The van der Waals surface area contributed by atoms with Crippen LogP contribution in [0.5, 0.6) is 0 Å². The van der Waals surface area contributed by atoms with E-state index in [1.807, 2.05) is 13.8 Å². The highest BCUT2D eigenvalue weighted by atomic mass is 35.5. The van der Waals surface area contributed by atoms with E-state index in [-0.39, 0.29) is 18.1 Å². The molecule has 0 atom stereocenters. The molecule has 2 aromatic carbocycles. The van der Waals surface area contributed by atoms with Crippen LogP contribution in [0.3, 0.4) is 0 Å². The second kappa shape index (κ2) is 11.3. The predicted molar refractivity (Wildman–Crippen MR) is 133 cm³/mol. The Labute approximate surface area is 209 Å². The van der Waals surface area contributed by atoms with Gasteiger partial charge in [0.15, 0.2) is 0 Å². The van der Waals surface area contributed by atoms with E-state index in [2.05, 4.69) is 10.00 Å². The summed E-state index contributed by atoms with van der Waals surface area (Å²) in [4.78, 5) is 28.2. The third-order valence-electron chi connectivity index (χ3n) is 5.99. The van der Waals surface area contributed by atoms with Crippen LogP contribution in [0, 0.1) is 11.7 Å². The van der Waals surface area contributed by atoms with Gasteiger partial charge in [0.25, 0.3) is 0 Å². The number of nitrogens with zero attached hydrogens (tertiary/aromatic N) is 4. The number of hydrogen-bond acceptors (Lipinski definition) is 5. The highest BCUT2D eigenvalue weighted by Gasteiger charge is 2.20. The molecule has 7 nitrogen and oxygen atoms in total. The Hall–Kier alpha value is -2.81. The number of carbonyl (C=O) groups excluding carboxylic acids is 1. The largest absolute Gasteiger partial charge is 0.379 e. The zero-order valence-electron chi connectivity index (χ0n) is 20.0. The number of benzene rings is 2. The molecular formula is C26H30ClFN4O3. The number of ketones is 1. The maximum absolute atomic E-state index is 15.0. The smallest absolute Gasteiger partial charge is 0.355 e. The van der Waals surface area contributed by atoms with Crippen LogP contribution in [0.2, 0.25) is 5.02 Å². The first-order chi connectivity index (χ1) is 16.8. The first kappa shape index (κ1) is 25.3. The van der Waals surface area contributed by atoms with Crippen molar-refractivity contribution in [1.29, 1.82) is 0 Å². The first-order valence-electron chi connectivity index (χ1n) is 11.9. The van der Waals surface area contributed by atoms with E-state index in [1.165, 1.54) is 10.6 Å². The fourth-order valence-corrected chi connectivity index (χ4v) is 4.43. The minimum absolute atomic E-state index is 0.00690. The number of ether oxygens (including phenoxy) is 1. The number of hydrogen-bond donors (Lipinski definition) is 0. The Kier molecular flexibility index (Phi) is 8.15. The summed E-state index contributed by atoms with van der Waals surface area (Å²) in [5.74, 6) is 0.0669. The number of halogens is 2. The molecule has 1 fully saturated rings. The molecule has 1 aromatic heterocycles. The van der Waals surface area contributed by atoms with E-state index in [1.54, 1.807) is 36.4 Å².